The van der Waals surface area contributed by atoms with Crippen LogP contribution in [-0.2, 0) is 16.1 Å². The molecule has 0 atom stereocenters. The van der Waals surface area contributed by atoms with Gasteiger partial charge in [0, 0.05) is 5.56 Å². The Morgan fingerprint density at radius 3 is 2.55 bits per heavy atom. The molecule has 2 rings (SSSR count). The molecule has 0 spiro atoms. The van der Waals surface area contributed by atoms with Crippen LogP contribution in [0.1, 0.15) is 5.69 Å². The van der Waals surface area contributed by atoms with Crippen LogP contribution in [0.25, 0.3) is 17.3 Å². The predicted octanol–water partition coefficient (Wildman–Crippen LogP) is 3.01. The molecule has 2 aromatic rings. The number of hydrogen-bond acceptors (Lipinski definition) is 4. The van der Waals surface area contributed by atoms with Gasteiger partial charge in [0.25, 0.3) is 0 Å². The van der Waals surface area contributed by atoms with E-state index in [1.165, 1.54) is 7.11 Å². The van der Waals surface area contributed by atoms with Gasteiger partial charge in [0.05, 0.1) is 20.9 Å². The summed E-state index contributed by atoms with van der Waals surface area (Å²) in [4.78, 5) is 11.6. The van der Waals surface area contributed by atoms with Crippen LogP contribution in [0.5, 0.6) is 0 Å². The molecule has 0 unspecified atom stereocenters. The molecule has 0 saturated heterocycles. The van der Waals surface area contributed by atoms with Gasteiger partial charge in [-0.1, -0.05) is 60.9 Å². The van der Waals surface area contributed by atoms with Gasteiger partial charge in [-0.05, 0) is 6.08 Å². The predicted molar refractivity (Wildman–Crippen MR) is 89.9 cm³/mol. The molecule has 1 aromatic carbocycles. The topological polar surface area (TPSA) is 57.0 Å². The Kier molecular flexibility index (Phi) is 4.92. The summed E-state index contributed by atoms with van der Waals surface area (Å²) in [6.45, 7) is 6.81. The van der Waals surface area contributed by atoms with Crippen LogP contribution < -0.4 is 0 Å². The van der Waals surface area contributed by atoms with Crippen LogP contribution >= 0.6 is 0 Å². The fourth-order valence-corrected chi connectivity index (χ4v) is 2.58. The molecule has 0 aliphatic rings. The molecule has 22 heavy (non-hydrogen) atoms. The third-order valence-electron chi connectivity index (χ3n) is 3.07. The van der Waals surface area contributed by atoms with Crippen molar-refractivity contribution >= 4 is 20.1 Å². The van der Waals surface area contributed by atoms with Crippen LogP contribution in [0, 0.1) is 0 Å². The highest BCUT2D eigenvalue weighted by Crippen LogP contribution is 2.23. The van der Waals surface area contributed by atoms with Crippen molar-refractivity contribution in [3.8, 4) is 11.3 Å². The average molecular weight is 315 g/mol. The molecule has 5 nitrogen and oxygen atoms in total. The number of esters is 1. The van der Waals surface area contributed by atoms with E-state index in [2.05, 4.69) is 35.7 Å². The highest BCUT2D eigenvalue weighted by Gasteiger charge is 2.16. The molecular formula is C16H21N3O2Si. The first kappa shape index (κ1) is 16.2. The molecule has 0 amide bonds. The maximum absolute atomic E-state index is 11.6. The normalized spacial score (nSPS) is 11.8. The standard InChI is InChI=1S/C16H21N3O2Si/c1-21-15(20)12-19-14(10-11-22(2,3)4)16(17-18-19)13-8-6-5-7-9-13/h5-11H,12H2,1-4H3/b11-10+. The van der Waals surface area contributed by atoms with E-state index in [4.69, 9.17) is 4.74 Å². The van der Waals surface area contributed by atoms with Crippen molar-refractivity contribution in [2.75, 3.05) is 7.11 Å². The lowest BCUT2D eigenvalue weighted by molar-refractivity contribution is -0.141. The zero-order valence-electron chi connectivity index (χ0n) is 13.4. The molecule has 0 aliphatic heterocycles. The summed E-state index contributed by atoms with van der Waals surface area (Å²) in [5.74, 6) is -0.341. The Hall–Kier alpha value is -2.21. The zero-order valence-corrected chi connectivity index (χ0v) is 14.4. The number of ether oxygens (including phenoxy) is 1. The summed E-state index contributed by atoms with van der Waals surface area (Å²) in [5.41, 5.74) is 4.80. The number of nitrogens with zero attached hydrogens (tertiary/aromatic N) is 3. The Bertz CT molecular complexity index is 672. The first-order valence-corrected chi connectivity index (χ1v) is 10.7. The van der Waals surface area contributed by atoms with Crippen LogP contribution in [0.15, 0.2) is 36.0 Å². The summed E-state index contributed by atoms with van der Waals surface area (Å²) in [6, 6.07) is 9.85. The number of carbonyl (C=O) groups excluding carboxylic acids is 1. The van der Waals surface area contributed by atoms with Crippen LogP contribution in [0.2, 0.25) is 19.6 Å². The molecule has 0 radical (unpaired) electrons. The van der Waals surface area contributed by atoms with Crippen LogP contribution in [-0.4, -0.2) is 36.1 Å². The number of rotatable bonds is 5. The van der Waals surface area contributed by atoms with Crippen molar-refractivity contribution in [2.24, 2.45) is 0 Å². The van der Waals surface area contributed by atoms with Gasteiger partial charge in [-0.2, -0.15) is 0 Å². The third kappa shape index (κ3) is 4.14. The molecule has 1 heterocycles. The van der Waals surface area contributed by atoms with Crippen molar-refractivity contribution in [3.05, 3.63) is 41.7 Å². The van der Waals surface area contributed by atoms with Crippen LogP contribution in [0.4, 0.5) is 0 Å². The van der Waals surface area contributed by atoms with Crippen molar-refractivity contribution in [2.45, 2.75) is 26.2 Å². The molecular weight excluding hydrogens is 294 g/mol. The minimum atomic E-state index is -1.37. The Labute approximate surface area is 131 Å². The van der Waals surface area contributed by atoms with Gasteiger partial charge in [-0.25, -0.2) is 4.68 Å². The fourth-order valence-electron chi connectivity index (χ4n) is 1.92. The number of benzene rings is 1. The smallest absolute Gasteiger partial charge is 0.327 e. The Balaban J connectivity index is 2.46. The number of hydrogen-bond donors (Lipinski definition) is 0. The molecule has 0 fully saturated rings. The molecule has 0 saturated carbocycles. The third-order valence-corrected chi connectivity index (χ3v) is 4.24. The van der Waals surface area contributed by atoms with Gasteiger partial charge >= 0.3 is 5.97 Å². The quantitative estimate of drug-likeness (QED) is 0.628. The second kappa shape index (κ2) is 6.70. The van der Waals surface area contributed by atoms with Gasteiger partial charge in [0.15, 0.2) is 0 Å². The van der Waals surface area contributed by atoms with Gasteiger partial charge in [0.1, 0.15) is 12.2 Å². The summed E-state index contributed by atoms with van der Waals surface area (Å²) in [7, 11) is -0.00405. The van der Waals surface area contributed by atoms with Crippen molar-refractivity contribution in [1.82, 2.24) is 15.0 Å². The van der Waals surface area contributed by atoms with E-state index >= 15 is 0 Å². The van der Waals surface area contributed by atoms with E-state index in [0.717, 1.165) is 17.0 Å². The minimum Gasteiger partial charge on any atom is -0.468 e. The lowest BCUT2D eigenvalue weighted by Gasteiger charge is -2.09. The molecule has 0 aliphatic carbocycles. The molecule has 0 bridgehead atoms. The number of carbonyl (C=O) groups is 1. The minimum absolute atomic E-state index is 0.0572. The van der Waals surface area contributed by atoms with Crippen LogP contribution in [0.3, 0.4) is 0 Å². The van der Waals surface area contributed by atoms with Crippen molar-refractivity contribution in [3.63, 3.8) is 0 Å². The Morgan fingerprint density at radius 1 is 1.27 bits per heavy atom. The van der Waals surface area contributed by atoms with E-state index in [1.807, 2.05) is 36.4 Å². The highest BCUT2D eigenvalue weighted by atomic mass is 28.3. The first-order valence-electron chi connectivity index (χ1n) is 7.15. The molecule has 116 valence electrons. The Morgan fingerprint density at radius 2 is 1.95 bits per heavy atom. The summed E-state index contributed by atoms with van der Waals surface area (Å²) < 4.78 is 6.31. The summed E-state index contributed by atoms with van der Waals surface area (Å²) in [6.07, 6.45) is 2.03. The van der Waals surface area contributed by atoms with Gasteiger partial charge in [-0.15, -0.1) is 5.10 Å². The first-order chi connectivity index (χ1) is 10.4. The van der Waals surface area contributed by atoms with E-state index in [1.54, 1.807) is 4.68 Å². The number of methoxy groups -OCH3 is 1. The fraction of sp³-hybridized carbons (Fsp3) is 0.312. The second-order valence-electron chi connectivity index (χ2n) is 6.12. The maximum Gasteiger partial charge on any atom is 0.327 e. The van der Waals surface area contributed by atoms with E-state index in [9.17, 15) is 4.79 Å². The molecule has 1 aromatic heterocycles. The highest BCUT2D eigenvalue weighted by molar-refractivity contribution is 6.81. The monoisotopic (exact) mass is 315 g/mol. The van der Waals surface area contributed by atoms with Gasteiger partial charge < -0.3 is 4.74 Å². The maximum atomic E-state index is 11.6. The van der Waals surface area contributed by atoms with E-state index < -0.39 is 8.07 Å². The SMILES string of the molecule is COC(=O)Cn1nnc(-c2ccccc2)c1/C=C/[Si](C)(C)C. The number of aromatic nitrogens is 3. The van der Waals surface area contributed by atoms with Gasteiger partial charge in [0.2, 0.25) is 0 Å². The molecule has 0 N–H and O–H groups in total. The van der Waals surface area contributed by atoms with Crippen molar-refractivity contribution < 1.29 is 9.53 Å². The van der Waals surface area contributed by atoms with Crippen molar-refractivity contribution in [1.29, 1.82) is 0 Å². The molecule has 6 heteroatoms. The van der Waals surface area contributed by atoms with Gasteiger partial charge in [-0.3, -0.25) is 4.79 Å². The van der Waals surface area contributed by atoms with E-state index in [0.29, 0.717) is 0 Å². The summed E-state index contributed by atoms with van der Waals surface area (Å²) >= 11 is 0. The lowest BCUT2D eigenvalue weighted by atomic mass is 10.1. The van der Waals surface area contributed by atoms with E-state index in [-0.39, 0.29) is 12.5 Å². The summed E-state index contributed by atoms with van der Waals surface area (Å²) in [5, 5.41) is 8.35. The zero-order chi connectivity index (χ0) is 16.2. The largest absolute Gasteiger partial charge is 0.468 e. The lowest BCUT2D eigenvalue weighted by Crippen LogP contribution is -2.17. The second-order valence-corrected chi connectivity index (χ2v) is 11.2. The average Bonchev–Trinajstić information content (AvgIpc) is 2.88.